The van der Waals surface area contributed by atoms with Crippen LogP contribution in [0.2, 0.25) is 0 Å². The molecular formula is C19H15N5O2. The van der Waals surface area contributed by atoms with E-state index in [0.717, 1.165) is 0 Å². The molecule has 1 N–H and O–H groups in total. The summed E-state index contributed by atoms with van der Waals surface area (Å²) in [5, 5.41) is 6.95. The van der Waals surface area contributed by atoms with E-state index in [-0.39, 0.29) is 5.91 Å². The van der Waals surface area contributed by atoms with Crippen molar-refractivity contribution in [1.29, 1.82) is 0 Å². The average molecular weight is 345 g/mol. The van der Waals surface area contributed by atoms with Crippen LogP contribution in [0.1, 0.15) is 16.1 Å². The second kappa shape index (κ2) is 6.64. The molecule has 7 heteroatoms. The molecule has 26 heavy (non-hydrogen) atoms. The fourth-order valence-corrected chi connectivity index (χ4v) is 2.56. The first-order chi connectivity index (χ1) is 12.7. The minimum atomic E-state index is -0.241. The van der Waals surface area contributed by atoms with Crippen molar-refractivity contribution in [2.75, 3.05) is 5.32 Å². The molecule has 0 saturated heterocycles. The van der Waals surface area contributed by atoms with Gasteiger partial charge in [-0.05, 0) is 49.4 Å². The SMILES string of the molecule is Cc1nc(-c2ccco2)ccc1C(=O)Nc1ccc(-n2cccn2)nc1. The topological polar surface area (TPSA) is 85.8 Å². The van der Waals surface area contributed by atoms with Gasteiger partial charge in [-0.15, -0.1) is 0 Å². The zero-order valence-corrected chi connectivity index (χ0v) is 14.0. The number of pyridine rings is 2. The number of amides is 1. The average Bonchev–Trinajstić information content (AvgIpc) is 3.36. The van der Waals surface area contributed by atoms with Gasteiger partial charge in [-0.1, -0.05) is 0 Å². The van der Waals surface area contributed by atoms with E-state index in [1.165, 1.54) is 0 Å². The third kappa shape index (κ3) is 3.10. The van der Waals surface area contributed by atoms with Gasteiger partial charge in [-0.25, -0.2) is 14.6 Å². The quantitative estimate of drug-likeness (QED) is 0.612. The predicted molar refractivity (Wildman–Crippen MR) is 96.0 cm³/mol. The summed E-state index contributed by atoms with van der Waals surface area (Å²) >= 11 is 0. The van der Waals surface area contributed by atoms with E-state index in [0.29, 0.717) is 34.2 Å². The number of nitrogens with one attached hydrogen (secondary N) is 1. The van der Waals surface area contributed by atoms with E-state index in [1.807, 2.05) is 12.1 Å². The lowest BCUT2D eigenvalue weighted by molar-refractivity contribution is 0.102. The Morgan fingerprint density at radius 2 is 2.08 bits per heavy atom. The minimum absolute atomic E-state index is 0.241. The number of aryl methyl sites for hydroxylation is 1. The number of hydrogen-bond donors (Lipinski definition) is 1. The molecule has 0 fully saturated rings. The normalized spacial score (nSPS) is 10.7. The smallest absolute Gasteiger partial charge is 0.257 e. The molecule has 0 aliphatic carbocycles. The Balaban J connectivity index is 1.51. The Morgan fingerprint density at radius 1 is 1.15 bits per heavy atom. The first-order valence-electron chi connectivity index (χ1n) is 8.00. The summed E-state index contributed by atoms with van der Waals surface area (Å²) in [5.74, 6) is 1.10. The van der Waals surface area contributed by atoms with Gasteiger partial charge in [0.05, 0.1) is 29.4 Å². The van der Waals surface area contributed by atoms with Gasteiger partial charge in [-0.3, -0.25) is 4.79 Å². The van der Waals surface area contributed by atoms with Crippen molar-refractivity contribution in [3.63, 3.8) is 0 Å². The van der Waals surface area contributed by atoms with Crippen molar-refractivity contribution in [2.45, 2.75) is 6.92 Å². The Labute approximate surface area is 149 Å². The van der Waals surface area contributed by atoms with Crippen LogP contribution in [-0.4, -0.2) is 25.7 Å². The Kier molecular flexibility index (Phi) is 4.03. The zero-order valence-electron chi connectivity index (χ0n) is 14.0. The van der Waals surface area contributed by atoms with Crippen molar-refractivity contribution in [1.82, 2.24) is 19.7 Å². The second-order valence-corrected chi connectivity index (χ2v) is 5.62. The molecule has 0 aromatic carbocycles. The number of carbonyl (C=O) groups is 1. The maximum absolute atomic E-state index is 12.5. The summed E-state index contributed by atoms with van der Waals surface area (Å²) in [6, 6.07) is 12.5. The Morgan fingerprint density at radius 3 is 2.73 bits per heavy atom. The van der Waals surface area contributed by atoms with Crippen LogP contribution in [-0.2, 0) is 0 Å². The number of aromatic nitrogens is 4. The van der Waals surface area contributed by atoms with E-state index in [9.17, 15) is 4.79 Å². The standard InChI is InChI=1S/C19H15N5O2/c1-13-15(6-7-16(22-13)17-4-2-11-26-17)19(25)23-14-5-8-18(20-12-14)24-10-3-9-21-24/h2-12H,1H3,(H,23,25). The van der Waals surface area contributed by atoms with Gasteiger partial charge in [-0.2, -0.15) is 5.10 Å². The number of rotatable bonds is 4. The molecule has 1 amide bonds. The van der Waals surface area contributed by atoms with Gasteiger partial charge >= 0.3 is 0 Å². The Bertz CT molecular complexity index is 1020. The lowest BCUT2D eigenvalue weighted by Crippen LogP contribution is -2.14. The third-order valence-electron chi connectivity index (χ3n) is 3.85. The van der Waals surface area contributed by atoms with Crippen LogP contribution in [0.5, 0.6) is 0 Å². The number of hydrogen-bond acceptors (Lipinski definition) is 5. The molecule has 128 valence electrons. The fraction of sp³-hybridized carbons (Fsp3) is 0.0526. The van der Waals surface area contributed by atoms with Crippen molar-refractivity contribution in [3.05, 3.63) is 78.6 Å². The van der Waals surface area contributed by atoms with Gasteiger partial charge in [0.2, 0.25) is 0 Å². The summed E-state index contributed by atoms with van der Waals surface area (Å²) in [4.78, 5) is 21.3. The second-order valence-electron chi connectivity index (χ2n) is 5.62. The number of nitrogens with zero attached hydrogens (tertiary/aromatic N) is 4. The van der Waals surface area contributed by atoms with Gasteiger partial charge in [0.15, 0.2) is 11.6 Å². The van der Waals surface area contributed by atoms with Gasteiger partial charge < -0.3 is 9.73 Å². The fourth-order valence-electron chi connectivity index (χ4n) is 2.56. The van der Waals surface area contributed by atoms with E-state index in [4.69, 9.17) is 4.42 Å². The number of anilines is 1. The van der Waals surface area contributed by atoms with E-state index in [1.54, 1.807) is 66.8 Å². The van der Waals surface area contributed by atoms with Crippen LogP contribution in [0, 0.1) is 6.92 Å². The van der Waals surface area contributed by atoms with E-state index < -0.39 is 0 Å². The largest absolute Gasteiger partial charge is 0.463 e. The molecule has 4 heterocycles. The van der Waals surface area contributed by atoms with Gasteiger partial charge in [0, 0.05) is 12.4 Å². The van der Waals surface area contributed by atoms with Crippen LogP contribution < -0.4 is 5.32 Å². The summed E-state index contributed by atoms with van der Waals surface area (Å²) in [6.07, 6.45) is 6.66. The minimum Gasteiger partial charge on any atom is -0.463 e. The maximum atomic E-state index is 12.5. The molecule has 0 bridgehead atoms. The highest BCUT2D eigenvalue weighted by atomic mass is 16.3. The first kappa shape index (κ1) is 15.8. The van der Waals surface area contributed by atoms with Crippen LogP contribution >= 0.6 is 0 Å². The maximum Gasteiger partial charge on any atom is 0.257 e. The molecule has 0 aliphatic rings. The van der Waals surface area contributed by atoms with Gasteiger partial charge in [0.25, 0.3) is 5.91 Å². The van der Waals surface area contributed by atoms with E-state index >= 15 is 0 Å². The number of carbonyl (C=O) groups excluding carboxylic acids is 1. The zero-order chi connectivity index (χ0) is 17.9. The lowest BCUT2D eigenvalue weighted by atomic mass is 10.1. The Hall–Kier alpha value is -3.74. The molecular weight excluding hydrogens is 330 g/mol. The van der Waals surface area contributed by atoms with Crippen LogP contribution in [0.15, 0.2) is 71.7 Å². The van der Waals surface area contributed by atoms with E-state index in [2.05, 4.69) is 20.4 Å². The predicted octanol–water partition coefficient (Wildman–Crippen LogP) is 3.48. The molecule has 0 atom stereocenters. The molecule has 0 saturated carbocycles. The number of furan rings is 1. The molecule has 0 unspecified atom stereocenters. The summed E-state index contributed by atoms with van der Waals surface area (Å²) in [7, 11) is 0. The van der Waals surface area contributed by atoms with Crippen molar-refractivity contribution >= 4 is 11.6 Å². The summed E-state index contributed by atoms with van der Waals surface area (Å²) in [6.45, 7) is 1.79. The molecule has 0 spiro atoms. The highest BCUT2D eigenvalue weighted by Gasteiger charge is 2.13. The molecule has 0 radical (unpaired) electrons. The highest BCUT2D eigenvalue weighted by molar-refractivity contribution is 6.05. The highest BCUT2D eigenvalue weighted by Crippen LogP contribution is 2.20. The molecule has 4 aromatic heterocycles. The van der Waals surface area contributed by atoms with Crippen LogP contribution in [0.3, 0.4) is 0 Å². The van der Waals surface area contributed by atoms with Crippen molar-refractivity contribution < 1.29 is 9.21 Å². The van der Waals surface area contributed by atoms with Crippen molar-refractivity contribution in [3.8, 4) is 17.3 Å². The first-order valence-corrected chi connectivity index (χ1v) is 8.00. The molecule has 4 aromatic rings. The molecule has 4 rings (SSSR count). The van der Waals surface area contributed by atoms with Crippen LogP contribution in [0.4, 0.5) is 5.69 Å². The monoisotopic (exact) mass is 345 g/mol. The van der Waals surface area contributed by atoms with Crippen molar-refractivity contribution in [2.24, 2.45) is 0 Å². The summed E-state index contributed by atoms with van der Waals surface area (Å²) < 4.78 is 6.98. The molecule has 0 aliphatic heterocycles. The third-order valence-corrected chi connectivity index (χ3v) is 3.85. The van der Waals surface area contributed by atoms with Crippen LogP contribution in [0.25, 0.3) is 17.3 Å². The van der Waals surface area contributed by atoms with Gasteiger partial charge in [0.1, 0.15) is 5.69 Å². The summed E-state index contributed by atoms with van der Waals surface area (Å²) in [5.41, 5.74) is 2.41. The molecule has 7 nitrogen and oxygen atoms in total. The lowest BCUT2D eigenvalue weighted by Gasteiger charge is -2.09.